The number of para-hydroxylation sites is 2. The maximum Gasteiger partial charge on any atom is 0.0774 e. The second kappa shape index (κ2) is 5.16. The molecular weight excluding hydrogens is 460 g/mol. The van der Waals surface area contributed by atoms with Crippen molar-refractivity contribution >= 4 is 38.4 Å². The van der Waals surface area contributed by atoms with Gasteiger partial charge in [0.15, 0.2) is 0 Å². The first-order chi connectivity index (χ1) is 10.8. The van der Waals surface area contributed by atoms with E-state index in [0.29, 0.717) is 0 Å². The van der Waals surface area contributed by atoms with Crippen molar-refractivity contribution in [3.63, 3.8) is 0 Å². The van der Waals surface area contributed by atoms with Crippen molar-refractivity contribution in [3.05, 3.63) is 72.3 Å². The van der Waals surface area contributed by atoms with E-state index >= 15 is 0 Å². The van der Waals surface area contributed by atoms with Crippen LogP contribution in [0.2, 0.25) is 0 Å². The molecule has 0 aliphatic carbocycles. The van der Waals surface area contributed by atoms with E-state index in [1.165, 1.54) is 21.9 Å². The first kappa shape index (κ1) is 14.4. The van der Waals surface area contributed by atoms with Gasteiger partial charge in [0.2, 0.25) is 0 Å². The zero-order valence-electron chi connectivity index (χ0n) is 12.5. The van der Waals surface area contributed by atoms with Crippen molar-refractivity contribution in [2.75, 3.05) is 0 Å². The Labute approximate surface area is 147 Å². The summed E-state index contributed by atoms with van der Waals surface area (Å²) in [6.07, 6.45) is 0. The Hall–Kier alpha value is -2.22. The minimum atomic E-state index is 0. The van der Waals surface area contributed by atoms with Crippen LogP contribution < -0.4 is 0 Å². The molecule has 2 nitrogen and oxygen atoms in total. The summed E-state index contributed by atoms with van der Waals surface area (Å²) in [5.74, 6) is 0. The Morgan fingerprint density at radius 2 is 1.78 bits per heavy atom. The molecule has 2 aromatic heterocycles. The van der Waals surface area contributed by atoms with Crippen LogP contribution in [0.15, 0.2) is 60.7 Å². The zero-order chi connectivity index (χ0) is 14.7. The average molecular weight is 474 g/mol. The van der Waals surface area contributed by atoms with Crippen LogP contribution in [0.1, 0.15) is 5.56 Å². The SMILES string of the molecule is Cc1ccc2c(c1)c1ccc[c-]c1c1nc3ccccc3n21.[Ir]. The summed E-state index contributed by atoms with van der Waals surface area (Å²) in [7, 11) is 0. The van der Waals surface area contributed by atoms with Crippen LogP contribution in [0.4, 0.5) is 0 Å². The molecule has 0 amide bonds. The second-order valence-electron chi connectivity index (χ2n) is 5.74. The van der Waals surface area contributed by atoms with Crippen LogP contribution in [-0.4, -0.2) is 9.38 Å². The van der Waals surface area contributed by atoms with Gasteiger partial charge in [-0.05, 0) is 30.5 Å². The summed E-state index contributed by atoms with van der Waals surface area (Å²) < 4.78 is 2.25. The maximum atomic E-state index is 4.85. The molecule has 0 saturated heterocycles. The van der Waals surface area contributed by atoms with Gasteiger partial charge in [0.1, 0.15) is 0 Å². The number of fused-ring (bicyclic) bond motifs is 8. The van der Waals surface area contributed by atoms with Gasteiger partial charge < -0.3 is 4.40 Å². The molecule has 0 atom stereocenters. The van der Waals surface area contributed by atoms with Crippen molar-refractivity contribution < 1.29 is 20.1 Å². The van der Waals surface area contributed by atoms with E-state index in [1.54, 1.807) is 0 Å². The van der Waals surface area contributed by atoms with Crippen LogP contribution >= 0.6 is 0 Å². The molecule has 0 unspecified atom stereocenters. The van der Waals surface area contributed by atoms with Gasteiger partial charge in [-0.3, -0.25) is 4.98 Å². The van der Waals surface area contributed by atoms with Gasteiger partial charge in [0, 0.05) is 25.6 Å². The van der Waals surface area contributed by atoms with Gasteiger partial charge >= 0.3 is 0 Å². The van der Waals surface area contributed by atoms with Crippen LogP contribution in [0.3, 0.4) is 0 Å². The molecule has 1 radical (unpaired) electrons. The van der Waals surface area contributed by atoms with Crippen LogP contribution in [0, 0.1) is 13.0 Å². The molecule has 0 aliphatic rings. The van der Waals surface area contributed by atoms with Crippen LogP contribution in [-0.2, 0) is 20.1 Å². The van der Waals surface area contributed by atoms with E-state index in [4.69, 9.17) is 4.98 Å². The number of imidazole rings is 1. The zero-order valence-corrected chi connectivity index (χ0v) is 14.9. The standard InChI is InChI=1S/C20H13N2.Ir/c1-13-10-11-18-16(12-13)14-6-2-3-7-15(14)20-21-17-8-4-5-9-19(17)22(18)20;/h2-6,8-12H,1H3;/q-1;. The smallest absolute Gasteiger partial charge is 0.0774 e. The molecule has 0 aliphatic heterocycles. The largest absolute Gasteiger partial charge is 0.333 e. The van der Waals surface area contributed by atoms with E-state index in [2.05, 4.69) is 59.9 Å². The van der Waals surface area contributed by atoms with Crippen LogP contribution in [0.25, 0.3) is 38.4 Å². The minimum absolute atomic E-state index is 0. The second-order valence-corrected chi connectivity index (χ2v) is 5.74. The topological polar surface area (TPSA) is 17.3 Å². The van der Waals surface area contributed by atoms with Crippen molar-refractivity contribution in [2.45, 2.75) is 6.92 Å². The fourth-order valence-electron chi connectivity index (χ4n) is 3.34. The summed E-state index contributed by atoms with van der Waals surface area (Å²) in [6.45, 7) is 2.13. The third-order valence-corrected chi connectivity index (χ3v) is 4.32. The predicted molar refractivity (Wildman–Crippen MR) is 91.3 cm³/mol. The average Bonchev–Trinajstić information content (AvgIpc) is 2.95. The summed E-state index contributed by atoms with van der Waals surface area (Å²) in [4.78, 5) is 4.85. The number of pyridine rings is 1. The number of hydrogen-bond acceptors (Lipinski definition) is 1. The Morgan fingerprint density at radius 3 is 2.70 bits per heavy atom. The minimum Gasteiger partial charge on any atom is -0.333 e. The summed E-state index contributed by atoms with van der Waals surface area (Å²) in [5, 5.41) is 3.54. The first-order valence-electron chi connectivity index (χ1n) is 7.43. The number of aryl methyl sites for hydroxylation is 1. The maximum absolute atomic E-state index is 4.85. The molecule has 3 heteroatoms. The quantitative estimate of drug-likeness (QED) is 0.231. The van der Waals surface area contributed by atoms with Crippen molar-refractivity contribution in [3.8, 4) is 0 Å². The van der Waals surface area contributed by atoms with Gasteiger partial charge in [-0.1, -0.05) is 35.2 Å². The molecule has 5 rings (SSSR count). The Kier molecular flexibility index (Phi) is 3.22. The van der Waals surface area contributed by atoms with E-state index in [1.807, 2.05) is 18.2 Å². The molecule has 0 N–H and O–H groups in total. The normalized spacial score (nSPS) is 11.3. The van der Waals surface area contributed by atoms with E-state index in [9.17, 15) is 0 Å². The van der Waals surface area contributed by atoms with Crippen molar-refractivity contribution in [2.24, 2.45) is 0 Å². The summed E-state index contributed by atoms with van der Waals surface area (Å²) in [5.41, 5.74) is 5.61. The number of hydrogen-bond donors (Lipinski definition) is 0. The van der Waals surface area contributed by atoms with Crippen LogP contribution in [0.5, 0.6) is 0 Å². The first-order valence-corrected chi connectivity index (χ1v) is 7.43. The van der Waals surface area contributed by atoms with Gasteiger partial charge in [0.25, 0.3) is 0 Å². The van der Waals surface area contributed by atoms with E-state index in [-0.39, 0.29) is 20.1 Å². The van der Waals surface area contributed by atoms with Gasteiger partial charge in [0.05, 0.1) is 16.7 Å². The number of nitrogens with zero attached hydrogens (tertiary/aromatic N) is 2. The third-order valence-electron chi connectivity index (χ3n) is 4.32. The molecule has 5 aromatic rings. The molecule has 0 fully saturated rings. The fourth-order valence-corrected chi connectivity index (χ4v) is 3.34. The summed E-state index contributed by atoms with van der Waals surface area (Å²) >= 11 is 0. The van der Waals surface area contributed by atoms with Gasteiger partial charge in [-0.25, -0.2) is 0 Å². The Balaban J connectivity index is 0.00000135. The molecule has 3 aromatic carbocycles. The fraction of sp³-hybridized carbons (Fsp3) is 0.0500. The third kappa shape index (κ3) is 1.94. The molecule has 0 saturated carbocycles. The molecule has 2 heterocycles. The van der Waals surface area contributed by atoms with E-state index in [0.717, 1.165) is 22.1 Å². The summed E-state index contributed by atoms with van der Waals surface area (Å²) in [6, 6.07) is 24.4. The Bertz CT molecular complexity index is 1190. The molecule has 113 valence electrons. The van der Waals surface area contributed by atoms with Crippen molar-refractivity contribution in [1.82, 2.24) is 9.38 Å². The van der Waals surface area contributed by atoms with Crippen molar-refractivity contribution in [1.29, 1.82) is 0 Å². The monoisotopic (exact) mass is 474 g/mol. The Morgan fingerprint density at radius 1 is 0.913 bits per heavy atom. The molecule has 0 bridgehead atoms. The molecule has 23 heavy (non-hydrogen) atoms. The number of benzene rings is 3. The molecular formula is C20H13IrN2-. The number of aromatic nitrogens is 2. The van der Waals surface area contributed by atoms with E-state index < -0.39 is 0 Å². The predicted octanol–water partition coefficient (Wildman–Crippen LogP) is 4.90. The van der Waals surface area contributed by atoms with Gasteiger partial charge in [-0.15, -0.1) is 29.7 Å². The van der Waals surface area contributed by atoms with Gasteiger partial charge in [-0.2, -0.15) is 0 Å². The molecule has 0 spiro atoms. The number of rotatable bonds is 0.